The molecule has 2 fully saturated rings. The predicted octanol–water partition coefficient (Wildman–Crippen LogP) is 2.45. The maximum absolute atomic E-state index is 12.4. The summed E-state index contributed by atoms with van der Waals surface area (Å²) in [6.07, 6.45) is 6.90. The molecule has 1 saturated carbocycles. The van der Waals surface area contributed by atoms with Gasteiger partial charge in [-0.25, -0.2) is 0 Å². The molecule has 4 nitrogen and oxygen atoms in total. The molecule has 1 saturated heterocycles. The molecule has 1 aliphatic carbocycles. The van der Waals surface area contributed by atoms with Crippen molar-refractivity contribution >= 4 is 5.91 Å². The average Bonchev–Trinajstić information content (AvgIpc) is 2.41. The van der Waals surface area contributed by atoms with Crippen molar-refractivity contribution in [3.05, 3.63) is 11.1 Å². The third-order valence-electron chi connectivity index (χ3n) is 4.64. The van der Waals surface area contributed by atoms with Crippen LogP contribution in [0.1, 0.15) is 45.4 Å². The number of likely N-dealkylation sites (tertiary alicyclic amines) is 1. The molecule has 2 aliphatic rings. The van der Waals surface area contributed by atoms with E-state index in [0.29, 0.717) is 6.10 Å². The molecule has 0 aromatic carbocycles. The van der Waals surface area contributed by atoms with Crippen LogP contribution in [0.5, 0.6) is 0 Å². The molecule has 1 aliphatic heterocycles. The molecule has 120 valence electrons. The lowest BCUT2D eigenvalue weighted by molar-refractivity contribution is -0.129. The van der Waals surface area contributed by atoms with E-state index in [2.05, 4.69) is 19.0 Å². The summed E-state index contributed by atoms with van der Waals surface area (Å²) in [6.45, 7) is 5.61. The van der Waals surface area contributed by atoms with Gasteiger partial charge >= 0.3 is 0 Å². The van der Waals surface area contributed by atoms with Gasteiger partial charge in [0.15, 0.2) is 0 Å². The summed E-state index contributed by atoms with van der Waals surface area (Å²) in [5, 5.41) is 0. The van der Waals surface area contributed by atoms with Crippen LogP contribution in [0.4, 0.5) is 0 Å². The molecule has 2 rings (SSSR count). The van der Waals surface area contributed by atoms with E-state index < -0.39 is 0 Å². The van der Waals surface area contributed by atoms with Crippen LogP contribution in [0.15, 0.2) is 11.1 Å². The van der Waals surface area contributed by atoms with Crippen molar-refractivity contribution in [3.63, 3.8) is 0 Å². The number of allylic oxidation sites excluding steroid dienone is 1. The first-order valence-corrected chi connectivity index (χ1v) is 8.32. The fraction of sp³-hybridized carbons (Fsp3) is 0.824. The minimum absolute atomic E-state index is 0.260. The van der Waals surface area contributed by atoms with Crippen molar-refractivity contribution in [2.45, 2.75) is 51.6 Å². The highest BCUT2D eigenvalue weighted by Gasteiger charge is 2.26. The molecule has 0 bridgehead atoms. The zero-order valence-corrected chi connectivity index (χ0v) is 13.9. The fourth-order valence-electron chi connectivity index (χ4n) is 2.97. The van der Waals surface area contributed by atoms with Gasteiger partial charge in [0.25, 0.3) is 0 Å². The number of ether oxygens (including phenoxy) is 1. The van der Waals surface area contributed by atoms with Gasteiger partial charge < -0.3 is 14.5 Å². The minimum Gasteiger partial charge on any atom is -0.378 e. The summed E-state index contributed by atoms with van der Waals surface area (Å²) in [4.78, 5) is 16.6. The Morgan fingerprint density at radius 1 is 1.29 bits per heavy atom. The predicted molar refractivity (Wildman–Crippen MR) is 85.3 cm³/mol. The summed E-state index contributed by atoms with van der Waals surface area (Å²) in [5.74, 6) is 0.260. The Morgan fingerprint density at radius 2 is 1.95 bits per heavy atom. The molecule has 4 heteroatoms. The lowest BCUT2D eigenvalue weighted by Crippen LogP contribution is -2.41. The highest BCUT2D eigenvalue weighted by atomic mass is 16.5. The van der Waals surface area contributed by atoms with Crippen molar-refractivity contribution in [2.75, 3.05) is 40.3 Å². The molecule has 1 heterocycles. The first-order chi connectivity index (χ1) is 10.1. The normalized spacial score (nSPS) is 19.8. The van der Waals surface area contributed by atoms with E-state index in [0.717, 1.165) is 63.9 Å². The summed E-state index contributed by atoms with van der Waals surface area (Å²) in [7, 11) is 4.17. The molecule has 0 N–H and O–H groups in total. The Labute approximate surface area is 129 Å². The second-order valence-electron chi connectivity index (χ2n) is 6.60. The number of carbonyl (C=O) groups is 1. The van der Waals surface area contributed by atoms with Crippen molar-refractivity contribution in [1.29, 1.82) is 0 Å². The number of hydrogen-bond donors (Lipinski definition) is 0. The van der Waals surface area contributed by atoms with Crippen LogP contribution < -0.4 is 0 Å². The van der Waals surface area contributed by atoms with Crippen LogP contribution in [0.3, 0.4) is 0 Å². The molecule has 1 amide bonds. The third-order valence-corrected chi connectivity index (χ3v) is 4.64. The Hall–Kier alpha value is -0.870. The summed E-state index contributed by atoms with van der Waals surface area (Å²) in [5.41, 5.74) is 2.38. The summed E-state index contributed by atoms with van der Waals surface area (Å²) < 4.78 is 5.93. The van der Waals surface area contributed by atoms with Crippen LogP contribution in [0.2, 0.25) is 0 Å². The highest BCUT2D eigenvalue weighted by molar-refractivity contribution is 5.93. The van der Waals surface area contributed by atoms with E-state index in [1.54, 1.807) is 0 Å². The number of nitrogens with zero attached hydrogens (tertiary/aromatic N) is 2. The van der Waals surface area contributed by atoms with Crippen molar-refractivity contribution < 1.29 is 9.53 Å². The third kappa shape index (κ3) is 4.82. The maximum atomic E-state index is 12.4. The van der Waals surface area contributed by atoms with Gasteiger partial charge in [-0.15, -0.1) is 0 Å². The first kappa shape index (κ1) is 16.5. The zero-order chi connectivity index (χ0) is 15.2. The Bertz CT molecular complexity index is 376. The van der Waals surface area contributed by atoms with Gasteiger partial charge in [-0.2, -0.15) is 0 Å². The van der Waals surface area contributed by atoms with Gasteiger partial charge in [0.05, 0.1) is 6.10 Å². The molecular weight excluding hydrogens is 264 g/mol. The Kier molecular flexibility index (Phi) is 6.24. The molecule has 0 aromatic heterocycles. The van der Waals surface area contributed by atoms with Gasteiger partial charge in [0.1, 0.15) is 0 Å². The molecule has 0 atom stereocenters. The molecular formula is C17H30N2O2. The second kappa shape index (κ2) is 7.95. The van der Waals surface area contributed by atoms with Gasteiger partial charge in [0, 0.05) is 25.3 Å². The van der Waals surface area contributed by atoms with E-state index in [1.165, 1.54) is 12.0 Å². The Morgan fingerprint density at radius 3 is 2.48 bits per heavy atom. The maximum Gasteiger partial charge on any atom is 0.249 e. The van der Waals surface area contributed by atoms with E-state index in [9.17, 15) is 4.79 Å². The smallest absolute Gasteiger partial charge is 0.249 e. The van der Waals surface area contributed by atoms with Gasteiger partial charge in [-0.3, -0.25) is 4.79 Å². The lowest BCUT2D eigenvalue weighted by Gasteiger charge is -2.33. The van der Waals surface area contributed by atoms with Gasteiger partial charge in [0.2, 0.25) is 5.91 Å². The average molecular weight is 294 g/mol. The molecule has 21 heavy (non-hydrogen) atoms. The molecule has 0 unspecified atom stereocenters. The van der Waals surface area contributed by atoms with E-state index in [-0.39, 0.29) is 5.91 Å². The van der Waals surface area contributed by atoms with Gasteiger partial charge in [-0.1, -0.05) is 5.57 Å². The van der Waals surface area contributed by atoms with Crippen molar-refractivity contribution in [3.8, 4) is 0 Å². The summed E-state index contributed by atoms with van der Waals surface area (Å²) >= 11 is 0. The summed E-state index contributed by atoms with van der Waals surface area (Å²) in [6, 6.07) is 0. The highest BCUT2D eigenvalue weighted by Crippen LogP contribution is 2.29. The molecule has 0 radical (unpaired) electrons. The lowest BCUT2D eigenvalue weighted by atomic mass is 9.88. The fourth-order valence-corrected chi connectivity index (χ4v) is 2.97. The zero-order valence-electron chi connectivity index (χ0n) is 13.9. The topological polar surface area (TPSA) is 32.8 Å². The number of piperidine rings is 1. The quantitative estimate of drug-likeness (QED) is 0.557. The number of amides is 1. The molecule has 0 aromatic rings. The van der Waals surface area contributed by atoms with Crippen LogP contribution in [-0.2, 0) is 9.53 Å². The largest absolute Gasteiger partial charge is 0.378 e. The Balaban J connectivity index is 1.67. The van der Waals surface area contributed by atoms with Crippen LogP contribution in [0, 0.1) is 0 Å². The van der Waals surface area contributed by atoms with E-state index in [1.807, 2.05) is 11.8 Å². The second-order valence-corrected chi connectivity index (χ2v) is 6.60. The van der Waals surface area contributed by atoms with Gasteiger partial charge in [-0.05, 0) is 66.1 Å². The van der Waals surface area contributed by atoms with Crippen LogP contribution >= 0.6 is 0 Å². The first-order valence-electron chi connectivity index (χ1n) is 8.32. The van der Waals surface area contributed by atoms with E-state index >= 15 is 0 Å². The monoisotopic (exact) mass is 294 g/mol. The number of hydrogen-bond acceptors (Lipinski definition) is 3. The minimum atomic E-state index is 0.260. The SMILES string of the molecule is CC(C(=O)N1CCC(OCCCN(C)C)CC1)=C1CCC1. The van der Waals surface area contributed by atoms with Crippen LogP contribution in [0.25, 0.3) is 0 Å². The standard InChI is InChI=1S/C17H30N2O2/c1-14(15-6-4-7-15)17(20)19-11-8-16(9-12-19)21-13-5-10-18(2)3/h16H,4-13H2,1-3H3. The number of rotatable bonds is 6. The van der Waals surface area contributed by atoms with Crippen molar-refractivity contribution in [1.82, 2.24) is 9.80 Å². The number of carbonyl (C=O) groups excluding carboxylic acids is 1. The van der Waals surface area contributed by atoms with E-state index in [4.69, 9.17) is 4.74 Å². The molecule has 0 spiro atoms. The van der Waals surface area contributed by atoms with Crippen molar-refractivity contribution in [2.24, 2.45) is 0 Å². The van der Waals surface area contributed by atoms with Crippen LogP contribution in [-0.4, -0.2) is 62.1 Å².